The summed E-state index contributed by atoms with van der Waals surface area (Å²) in [6.45, 7) is 2.70. The lowest BCUT2D eigenvalue weighted by Gasteiger charge is -2.13. The van der Waals surface area contributed by atoms with Gasteiger partial charge >= 0.3 is 0 Å². The van der Waals surface area contributed by atoms with Crippen LogP contribution in [0.5, 0.6) is 0 Å². The van der Waals surface area contributed by atoms with E-state index in [0.717, 1.165) is 18.1 Å². The number of hydrogen-bond donors (Lipinski definition) is 4. The first-order valence-electron chi connectivity index (χ1n) is 11.8. The fraction of sp³-hybridized carbons (Fsp3) is 0.259. The lowest BCUT2D eigenvalue weighted by Crippen LogP contribution is -2.32. The Bertz CT molecular complexity index is 1330. The second kappa shape index (κ2) is 13.6. The monoisotopic (exact) mass is 559 g/mol. The van der Waals surface area contributed by atoms with Crippen LogP contribution < -0.4 is 15.4 Å². The van der Waals surface area contributed by atoms with Gasteiger partial charge in [-0.3, -0.25) is 9.59 Å². The molecule has 2 amide bonds. The molecule has 0 aromatic heterocycles. The van der Waals surface area contributed by atoms with E-state index < -0.39 is 15.9 Å². The first-order chi connectivity index (χ1) is 17.6. The number of rotatable bonds is 12. The number of hydrogen-bond acceptors (Lipinski definition) is 6. The maximum Gasteiger partial charge on any atom is 0.264 e. The van der Waals surface area contributed by atoms with Crippen LogP contribution in [-0.2, 0) is 32.6 Å². The second-order valence-electron chi connectivity index (χ2n) is 8.57. The SMILES string of the molecule is CC(=O)NS(=O)(=O)c1ccccc1-c1ccc(CNCCC(=O)NC[C@H](S)Cc2cccc(Cl)c2)cc1. The lowest BCUT2D eigenvalue weighted by molar-refractivity contribution is -0.121. The summed E-state index contributed by atoms with van der Waals surface area (Å²) in [5.41, 5.74) is 3.28. The van der Waals surface area contributed by atoms with E-state index in [2.05, 4.69) is 23.3 Å². The average molecular weight is 560 g/mol. The summed E-state index contributed by atoms with van der Waals surface area (Å²) in [6, 6.07) is 21.6. The summed E-state index contributed by atoms with van der Waals surface area (Å²) in [4.78, 5) is 23.5. The molecule has 0 heterocycles. The standard InChI is InChI=1S/C27H30ClN3O4S2/c1-19(32)31-37(34,35)26-8-3-2-7-25(26)22-11-9-20(10-12-22)17-29-14-13-27(33)30-18-24(36)16-21-5-4-6-23(28)15-21/h2-12,15,24,29,36H,13-14,16-18H2,1H3,(H,30,33)(H,31,32)/t24-/m1/s1. The first kappa shape index (κ1) is 28.7. The zero-order valence-electron chi connectivity index (χ0n) is 20.4. The van der Waals surface area contributed by atoms with Crippen LogP contribution in [-0.4, -0.2) is 38.6 Å². The zero-order chi connectivity index (χ0) is 26.8. The van der Waals surface area contributed by atoms with Gasteiger partial charge < -0.3 is 10.6 Å². The van der Waals surface area contributed by atoms with Gasteiger partial charge in [0.2, 0.25) is 11.8 Å². The third kappa shape index (κ3) is 9.19. The van der Waals surface area contributed by atoms with Crippen molar-refractivity contribution in [3.8, 4) is 11.1 Å². The predicted octanol–water partition coefficient (Wildman–Crippen LogP) is 3.97. The van der Waals surface area contributed by atoms with E-state index in [1.165, 1.54) is 6.07 Å². The predicted molar refractivity (Wildman–Crippen MR) is 150 cm³/mol. The van der Waals surface area contributed by atoms with Crippen molar-refractivity contribution in [1.29, 1.82) is 0 Å². The van der Waals surface area contributed by atoms with E-state index >= 15 is 0 Å². The van der Waals surface area contributed by atoms with Gasteiger partial charge in [-0.1, -0.05) is 66.2 Å². The maximum absolute atomic E-state index is 12.5. The van der Waals surface area contributed by atoms with E-state index in [1.54, 1.807) is 18.2 Å². The Kier molecular flexibility index (Phi) is 10.6. The molecule has 1 atom stereocenters. The number of sulfonamides is 1. The van der Waals surface area contributed by atoms with Crippen LogP contribution in [0.3, 0.4) is 0 Å². The van der Waals surface area contributed by atoms with Crippen LogP contribution in [0.25, 0.3) is 11.1 Å². The molecule has 0 spiro atoms. The second-order valence-corrected chi connectivity index (χ2v) is 11.4. The van der Waals surface area contributed by atoms with Gasteiger partial charge in [0, 0.05) is 48.8 Å². The molecule has 10 heteroatoms. The molecule has 0 unspecified atom stereocenters. The summed E-state index contributed by atoms with van der Waals surface area (Å²) < 4.78 is 27.1. The molecule has 3 rings (SSSR count). The van der Waals surface area contributed by atoms with Crippen LogP contribution in [0.4, 0.5) is 0 Å². The zero-order valence-corrected chi connectivity index (χ0v) is 22.9. The van der Waals surface area contributed by atoms with Crippen LogP contribution >= 0.6 is 24.2 Å². The number of amides is 2. The molecule has 0 saturated carbocycles. The quantitative estimate of drug-likeness (QED) is 0.199. The molecule has 0 bridgehead atoms. The summed E-state index contributed by atoms with van der Waals surface area (Å²) >= 11 is 10.6. The molecule has 0 saturated heterocycles. The van der Waals surface area contributed by atoms with Crippen LogP contribution in [0, 0.1) is 0 Å². The van der Waals surface area contributed by atoms with Crippen molar-refractivity contribution in [2.75, 3.05) is 13.1 Å². The van der Waals surface area contributed by atoms with Gasteiger partial charge in [-0.05, 0) is 41.3 Å². The molecule has 0 radical (unpaired) electrons. The van der Waals surface area contributed by atoms with Gasteiger partial charge in [-0.25, -0.2) is 13.1 Å². The van der Waals surface area contributed by atoms with Crippen LogP contribution in [0.2, 0.25) is 5.02 Å². The van der Waals surface area contributed by atoms with Crippen molar-refractivity contribution < 1.29 is 18.0 Å². The number of carbonyl (C=O) groups excluding carboxylic acids is 2. The lowest BCUT2D eigenvalue weighted by atomic mass is 10.0. The van der Waals surface area contributed by atoms with E-state index in [0.29, 0.717) is 48.6 Å². The van der Waals surface area contributed by atoms with Crippen LogP contribution in [0.1, 0.15) is 24.5 Å². The summed E-state index contributed by atoms with van der Waals surface area (Å²) in [5, 5.41) is 6.83. The summed E-state index contributed by atoms with van der Waals surface area (Å²) in [6.07, 6.45) is 1.05. The molecule has 7 nitrogen and oxygen atoms in total. The van der Waals surface area contributed by atoms with Crippen molar-refractivity contribution in [3.05, 3.63) is 88.9 Å². The van der Waals surface area contributed by atoms with E-state index in [1.807, 2.05) is 53.3 Å². The van der Waals surface area contributed by atoms with Crippen molar-refractivity contribution in [1.82, 2.24) is 15.4 Å². The third-order valence-electron chi connectivity index (χ3n) is 5.47. The van der Waals surface area contributed by atoms with E-state index in [-0.39, 0.29) is 16.1 Å². The van der Waals surface area contributed by atoms with Gasteiger partial charge in [-0.15, -0.1) is 0 Å². The highest BCUT2D eigenvalue weighted by molar-refractivity contribution is 7.90. The maximum atomic E-state index is 12.5. The van der Waals surface area contributed by atoms with Gasteiger partial charge in [0.05, 0.1) is 4.90 Å². The minimum Gasteiger partial charge on any atom is -0.355 e. The molecule has 196 valence electrons. The highest BCUT2D eigenvalue weighted by atomic mass is 35.5. The Hall–Kier alpha value is -2.85. The topological polar surface area (TPSA) is 104 Å². The number of thiol groups is 1. The number of nitrogens with one attached hydrogen (secondary N) is 3. The summed E-state index contributed by atoms with van der Waals surface area (Å²) in [5.74, 6) is -0.696. The fourth-order valence-electron chi connectivity index (χ4n) is 3.75. The number of carbonyl (C=O) groups is 2. The Morgan fingerprint density at radius 2 is 1.70 bits per heavy atom. The van der Waals surface area contributed by atoms with Crippen molar-refractivity contribution in [2.45, 2.75) is 36.5 Å². The van der Waals surface area contributed by atoms with Gasteiger partial charge in [0.1, 0.15) is 0 Å². The Morgan fingerprint density at radius 3 is 2.41 bits per heavy atom. The molecule has 0 fully saturated rings. The molecular weight excluding hydrogens is 530 g/mol. The fourth-order valence-corrected chi connectivity index (χ4v) is 5.49. The molecular formula is C27H30ClN3O4S2. The minimum atomic E-state index is -3.96. The molecule has 0 aliphatic carbocycles. The highest BCUT2D eigenvalue weighted by Gasteiger charge is 2.20. The molecule has 3 aromatic carbocycles. The number of halogens is 1. The normalized spacial score (nSPS) is 12.1. The van der Waals surface area contributed by atoms with Crippen molar-refractivity contribution in [3.63, 3.8) is 0 Å². The van der Waals surface area contributed by atoms with Gasteiger partial charge in [0.15, 0.2) is 0 Å². The van der Waals surface area contributed by atoms with E-state index in [4.69, 9.17) is 11.6 Å². The summed E-state index contributed by atoms with van der Waals surface area (Å²) in [7, 11) is -3.96. The van der Waals surface area contributed by atoms with Gasteiger partial charge in [-0.2, -0.15) is 12.6 Å². The average Bonchev–Trinajstić information content (AvgIpc) is 2.85. The largest absolute Gasteiger partial charge is 0.355 e. The molecule has 3 aromatic rings. The van der Waals surface area contributed by atoms with Crippen LogP contribution in [0.15, 0.2) is 77.7 Å². The number of benzene rings is 3. The highest BCUT2D eigenvalue weighted by Crippen LogP contribution is 2.27. The Morgan fingerprint density at radius 1 is 0.973 bits per heavy atom. The molecule has 3 N–H and O–H groups in total. The Labute approximate surface area is 228 Å². The van der Waals surface area contributed by atoms with E-state index in [9.17, 15) is 18.0 Å². The van der Waals surface area contributed by atoms with Gasteiger partial charge in [0.25, 0.3) is 10.0 Å². The van der Waals surface area contributed by atoms with Crippen molar-refractivity contribution >= 4 is 46.1 Å². The molecule has 37 heavy (non-hydrogen) atoms. The minimum absolute atomic E-state index is 0.00718. The first-order valence-corrected chi connectivity index (χ1v) is 14.1. The Balaban J connectivity index is 1.44. The smallest absolute Gasteiger partial charge is 0.264 e. The third-order valence-corrected chi connectivity index (χ3v) is 7.56. The molecule has 0 aliphatic rings. The molecule has 0 aliphatic heterocycles. The van der Waals surface area contributed by atoms with Crippen molar-refractivity contribution in [2.24, 2.45) is 0 Å².